The maximum absolute atomic E-state index is 11.7. The van der Waals surface area contributed by atoms with Crippen LogP contribution in [0.4, 0.5) is 0 Å². The van der Waals surface area contributed by atoms with Crippen molar-refractivity contribution in [2.24, 2.45) is 5.92 Å². The molecule has 0 aromatic rings. The van der Waals surface area contributed by atoms with Gasteiger partial charge in [0.25, 0.3) is 0 Å². The van der Waals surface area contributed by atoms with Crippen molar-refractivity contribution < 1.29 is 14.3 Å². The van der Waals surface area contributed by atoms with Crippen LogP contribution in [-0.4, -0.2) is 37.4 Å². The summed E-state index contributed by atoms with van der Waals surface area (Å²) in [5.41, 5.74) is -0.406. The fraction of sp³-hybridized carbons (Fsp3) is 0.929. The Morgan fingerprint density at radius 2 is 1.83 bits per heavy atom. The molecule has 1 atom stereocenters. The third-order valence-electron chi connectivity index (χ3n) is 2.21. The van der Waals surface area contributed by atoms with Crippen LogP contribution >= 0.6 is 0 Å². The highest BCUT2D eigenvalue weighted by Crippen LogP contribution is 2.10. The topological polar surface area (TPSA) is 47.6 Å². The van der Waals surface area contributed by atoms with Crippen LogP contribution in [0.15, 0.2) is 0 Å². The summed E-state index contributed by atoms with van der Waals surface area (Å²) in [6, 6.07) is 0. The van der Waals surface area contributed by atoms with E-state index < -0.39 is 5.60 Å². The standard InChI is InChI=1S/C14H29NO3/c1-11(2)17-9-7-8-15-10-12(3)13(16)18-14(4,5)6/h11-12,15H,7-10H2,1-6H3/t12-/m0/s1. The van der Waals surface area contributed by atoms with E-state index in [4.69, 9.17) is 9.47 Å². The van der Waals surface area contributed by atoms with Crippen LogP contribution in [0.5, 0.6) is 0 Å². The minimum atomic E-state index is -0.406. The Balaban J connectivity index is 3.58. The molecule has 0 saturated carbocycles. The van der Waals surface area contributed by atoms with Crippen molar-refractivity contribution in [3.8, 4) is 0 Å². The molecule has 0 aliphatic carbocycles. The van der Waals surface area contributed by atoms with Crippen molar-refractivity contribution in [1.29, 1.82) is 0 Å². The van der Waals surface area contributed by atoms with Crippen LogP contribution in [0, 0.1) is 5.92 Å². The van der Waals surface area contributed by atoms with E-state index in [9.17, 15) is 4.79 Å². The molecule has 18 heavy (non-hydrogen) atoms. The van der Waals surface area contributed by atoms with Gasteiger partial charge in [-0.1, -0.05) is 6.92 Å². The van der Waals surface area contributed by atoms with Crippen molar-refractivity contribution >= 4 is 5.97 Å². The van der Waals surface area contributed by atoms with Gasteiger partial charge < -0.3 is 14.8 Å². The first-order valence-corrected chi connectivity index (χ1v) is 6.77. The van der Waals surface area contributed by atoms with Gasteiger partial charge in [0.05, 0.1) is 12.0 Å². The van der Waals surface area contributed by atoms with Crippen LogP contribution in [-0.2, 0) is 14.3 Å². The first kappa shape index (κ1) is 17.4. The molecule has 1 N–H and O–H groups in total. The second-order valence-corrected chi connectivity index (χ2v) is 5.91. The Morgan fingerprint density at radius 3 is 2.33 bits per heavy atom. The van der Waals surface area contributed by atoms with Gasteiger partial charge in [-0.3, -0.25) is 4.79 Å². The lowest BCUT2D eigenvalue weighted by atomic mass is 10.1. The van der Waals surface area contributed by atoms with Crippen LogP contribution in [0.1, 0.15) is 48.0 Å². The largest absolute Gasteiger partial charge is 0.460 e. The summed E-state index contributed by atoms with van der Waals surface area (Å²) in [5.74, 6) is -0.260. The lowest BCUT2D eigenvalue weighted by Gasteiger charge is -2.22. The molecule has 0 saturated heterocycles. The van der Waals surface area contributed by atoms with Gasteiger partial charge in [-0.15, -0.1) is 0 Å². The summed E-state index contributed by atoms with van der Waals surface area (Å²) in [5, 5.41) is 3.24. The average molecular weight is 259 g/mol. The molecule has 0 bridgehead atoms. The highest BCUT2D eigenvalue weighted by atomic mass is 16.6. The zero-order valence-corrected chi connectivity index (χ0v) is 12.7. The quantitative estimate of drug-likeness (QED) is 0.537. The predicted molar refractivity (Wildman–Crippen MR) is 73.6 cm³/mol. The summed E-state index contributed by atoms with van der Waals surface area (Å²) in [7, 11) is 0. The molecule has 0 heterocycles. The molecule has 0 aromatic carbocycles. The monoisotopic (exact) mass is 259 g/mol. The summed E-state index contributed by atoms with van der Waals surface area (Å²) >= 11 is 0. The summed E-state index contributed by atoms with van der Waals surface area (Å²) in [4.78, 5) is 11.7. The molecule has 0 amide bonds. The zero-order valence-electron chi connectivity index (χ0n) is 12.7. The molecule has 0 aromatic heterocycles. The van der Waals surface area contributed by atoms with Gasteiger partial charge in [-0.2, -0.15) is 0 Å². The Morgan fingerprint density at radius 1 is 1.22 bits per heavy atom. The Hall–Kier alpha value is -0.610. The Labute approximate surface area is 111 Å². The molecule has 0 spiro atoms. The molecule has 0 aliphatic rings. The maximum atomic E-state index is 11.7. The fourth-order valence-corrected chi connectivity index (χ4v) is 1.32. The second kappa shape index (κ2) is 8.48. The van der Waals surface area contributed by atoms with Gasteiger partial charge in [0.1, 0.15) is 5.60 Å². The highest BCUT2D eigenvalue weighted by molar-refractivity contribution is 5.72. The smallest absolute Gasteiger partial charge is 0.310 e. The maximum Gasteiger partial charge on any atom is 0.310 e. The van der Waals surface area contributed by atoms with E-state index in [-0.39, 0.29) is 18.0 Å². The van der Waals surface area contributed by atoms with E-state index in [1.807, 2.05) is 41.5 Å². The third kappa shape index (κ3) is 10.5. The third-order valence-corrected chi connectivity index (χ3v) is 2.21. The normalized spacial score (nSPS) is 13.7. The molecule has 0 fully saturated rings. The van der Waals surface area contributed by atoms with Crippen LogP contribution < -0.4 is 5.32 Å². The summed E-state index contributed by atoms with van der Waals surface area (Å²) in [6.07, 6.45) is 1.24. The van der Waals surface area contributed by atoms with E-state index >= 15 is 0 Å². The zero-order chi connectivity index (χ0) is 14.2. The van der Waals surface area contributed by atoms with Crippen molar-refractivity contribution in [3.63, 3.8) is 0 Å². The van der Waals surface area contributed by atoms with Gasteiger partial charge >= 0.3 is 5.97 Å². The van der Waals surface area contributed by atoms with Crippen molar-refractivity contribution in [1.82, 2.24) is 5.32 Å². The van der Waals surface area contributed by atoms with E-state index in [2.05, 4.69) is 5.32 Å². The Bertz CT molecular complexity index is 234. The molecule has 108 valence electrons. The van der Waals surface area contributed by atoms with Crippen molar-refractivity contribution in [2.75, 3.05) is 19.7 Å². The minimum Gasteiger partial charge on any atom is -0.460 e. The number of esters is 1. The molecule has 0 aliphatic heterocycles. The number of rotatable bonds is 8. The fourth-order valence-electron chi connectivity index (χ4n) is 1.32. The molecule has 0 radical (unpaired) electrons. The van der Waals surface area contributed by atoms with Crippen molar-refractivity contribution in [3.05, 3.63) is 0 Å². The first-order chi connectivity index (χ1) is 8.22. The molecule has 0 rings (SSSR count). The number of hydrogen-bond donors (Lipinski definition) is 1. The number of carbonyl (C=O) groups is 1. The number of ether oxygens (including phenoxy) is 2. The number of hydrogen-bond acceptors (Lipinski definition) is 4. The van der Waals surface area contributed by atoms with Crippen molar-refractivity contribution in [2.45, 2.75) is 59.7 Å². The molecule has 0 unspecified atom stereocenters. The van der Waals surface area contributed by atoms with Crippen LogP contribution in [0.25, 0.3) is 0 Å². The molecule has 4 nitrogen and oxygen atoms in total. The van der Waals surface area contributed by atoms with Gasteiger partial charge in [0, 0.05) is 13.2 Å². The van der Waals surface area contributed by atoms with E-state index in [1.54, 1.807) is 0 Å². The van der Waals surface area contributed by atoms with E-state index in [1.165, 1.54) is 0 Å². The second-order valence-electron chi connectivity index (χ2n) is 5.91. The van der Waals surface area contributed by atoms with Crippen LogP contribution in [0.2, 0.25) is 0 Å². The lowest BCUT2D eigenvalue weighted by Crippen LogP contribution is -2.33. The molecular weight excluding hydrogens is 230 g/mol. The van der Waals surface area contributed by atoms with Gasteiger partial charge in [0.15, 0.2) is 0 Å². The summed E-state index contributed by atoms with van der Waals surface area (Å²) in [6.45, 7) is 13.8. The number of nitrogens with one attached hydrogen (secondary N) is 1. The Kier molecular flexibility index (Phi) is 8.20. The van der Waals surface area contributed by atoms with Gasteiger partial charge in [0.2, 0.25) is 0 Å². The first-order valence-electron chi connectivity index (χ1n) is 6.77. The minimum absolute atomic E-state index is 0.116. The number of carbonyl (C=O) groups excluding carboxylic acids is 1. The highest BCUT2D eigenvalue weighted by Gasteiger charge is 2.21. The average Bonchev–Trinajstić information content (AvgIpc) is 2.19. The van der Waals surface area contributed by atoms with Gasteiger partial charge in [-0.05, 0) is 47.6 Å². The van der Waals surface area contributed by atoms with E-state index in [0.29, 0.717) is 6.54 Å². The van der Waals surface area contributed by atoms with Gasteiger partial charge in [-0.25, -0.2) is 0 Å². The van der Waals surface area contributed by atoms with E-state index in [0.717, 1.165) is 19.6 Å². The SMILES string of the molecule is CC(C)OCCCNC[C@H](C)C(=O)OC(C)(C)C. The predicted octanol–water partition coefficient (Wildman–Crippen LogP) is 2.37. The molecular formula is C14H29NO3. The van der Waals surface area contributed by atoms with Crippen LogP contribution in [0.3, 0.4) is 0 Å². The lowest BCUT2D eigenvalue weighted by molar-refractivity contribution is -0.159. The summed E-state index contributed by atoms with van der Waals surface area (Å²) < 4.78 is 10.7. The molecule has 4 heteroatoms.